The van der Waals surface area contributed by atoms with Gasteiger partial charge in [0.05, 0.1) is 79.3 Å². The number of esters is 2. The van der Waals surface area contributed by atoms with Gasteiger partial charge >= 0.3 is 24.1 Å². The number of rotatable bonds is 22. The topological polar surface area (TPSA) is 218 Å². The minimum absolute atomic E-state index is 0.00830. The molecular formula is C20H38N4O12. The van der Waals surface area contributed by atoms with Crippen LogP contribution in [0.15, 0.2) is 0 Å². The summed E-state index contributed by atoms with van der Waals surface area (Å²) in [6.45, 7) is 4.95. The van der Waals surface area contributed by atoms with E-state index in [2.05, 4.69) is 20.1 Å². The number of carbonyl (C=O) groups excluding carboxylic acids is 4. The lowest BCUT2D eigenvalue weighted by Gasteiger charge is -2.08. The Morgan fingerprint density at radius 2 is 0.722 bits per heavy atom. The summed E-state index contributed by atoms with van der Waals surface area (Å²) < 4.78 is 39.5. The van der Waals surface area contributed by atoms with Crippen molar-refractivity contribution in [2.45, 2.75) is 0 Å². The molecule has 0 radical (unpaired) electrons. The van der Waals surface area contributed by atoms with Gasteiger partial charge in [-0.05, 0) is 0 Å². The fourth-order valence-electron chi connectivity index (χ4n) is 2.02. The molecule has 0 aliphatic carbocycles. The molecule has 0 aliphatic heterocycles. The molecule has 210 valence electrons. The largest absolute Gasteiger partial charge is 0.426 e. The number of carbonyl (C=O) groups is 4. The Hall–Kier alpha value is -2.44. The Balaban J connectivity index is 3.61. The number of amides is 2. The van der Waals surface area contributed by atoms with Crippen molar-refractivity contribution >= 4 is 24.1 Å². The molecule has 0 fully saturated rings. The molecule has 2 amide bonds. The summed E-state index contributed by atoms with van der Waals surface area (Å²) >= 11 is 0. The second-order valence-electron chi connectivity index (χ2n) is 6.46. The standard InChI is InChI=1S/C20H38N4O12/c21-1-5-29-9-13-33-15-11-31-7-3-23-19(27)35-17(25)18(26)36-20(28)24-4-8-32-12-16-34-14-10-30-6-2-22/h1-16,21-22H2,(H,23,27)(H,24,28). The fraction of sp³-hybridized carbons (Fsp3) is 0.800. The Bertz CT molecular complexity index is 547. The van der Waals surface area contributed by atoms with Gasteiger partial charge in [-0.15, -0.1) is 0 Å². The lowest BCUT2D eigenvalue weighted by molar-refractivity contribution is -0.160. The van der Waals surface area contributed by atoms with Gasteiger partial charge in [-0.3, -0.25) is 0 Å². The zero-order chi connectivity index (χ0) is 26.7. The van der Waals surface area contributed by atoms with Gasteiger partial charge in [-0.2, -0.15) is 0 Å². The fourth-order valence-corrected chi connectivity index (χ4v) is 2.02. The molecule has 0 atom stereocenters. The van der Waals surface area contributed by atoms with Crippen molar-refractivity contribution in [3.63, 3.8) is 0 Å². The van der Waals surface area contributed by atoms with Gasteiger partial charge in [0.25, 0.3) is 0 Å². The summed E-state index contributed by atoms with van der Waals surface area (Å²) in [5, 5.41) is 4.39. The molecule has 0 aliphatic rings. The van der Waals surface area contributed by atoms with Crippen LogP contribution in [0.5, 0.6) is 0 Å². The van der Waals surface area contributed by atoms with Crippen LogP contribution in [0.3, 0.4) is 0 Å². The molecular weight excluding hydrogens is 488 g/mol. The van der Waals surface area contributed by atoms with E-state index in [0.29, 0.717) is 65.9 Å². The van der Waals surface area contributed by atoms with E-state index in [9.17, 15) is 19.2 Å². The smallest absolute Gasteiger partial charge is 0.378 e. The van der Waals surface area contributed by atoms with E-state index < -0.39 is 24.1 Å². The molecule has 36 heavy (non-hydrogen) atoms. The first-order valence-electron chi connectivity index (χ1n) is 11.4. The monoisotopic (exact) mass is 526 g/mol. The van der Waals surface area contributed by atoms with E-state index in [1.807, 2.05) is 0 Å². The predicted molar refractivity (Wildman–Crippen MR) is 122 cm³/mol. The maximum Gasteiger partial charge on any atom is 0.426 e. The summed E-state index contributed by atoms with van der Waals surface area (Å²) in [7, 11) is 0. The molecule has 0 saturated carbocycles. The van der Waals surface area contributed by atoms with Crippen LogP contribution in [-0.4, -0.2) is 130 Å². The van der Waals surface area contributed by atoms with Crippen LogP contribution in [-0.2, 0) is 47.5 Å². The van der Waals surface area contributed by atoms with Gasteiger partial charge in [-0.25, -0.2) is 19.2 Å². The summed E-state index contributed by atoms with van der Waals surface area (Å²) in [6.07, 6.45) is -2.40. The third kappa shape index (κ3) is 23.3. The van der Waals surface area contributed by atoms with Crippen LogP contribution in [0.2, 0.25) is 0 Å². The Kier molecular flexibility index (Phi) is 23.9. The van der Waals surface area contributed by atoms with Crippen LogP contribution in [0.25, 0.3) is 0 Å². The molecule has 16 heteroatoms. The normalized spacial score (nSPS) is 10.6. The van der Waals surface area contributed by atoms with Crippen molar-refractivity contribution in [3.8, 4) is 0 Å². The molecule has 0 aromatic heterocycles. The van der Waals surface area contributed by atoms with Gasteiger partial charge < -0.3 is 60.0 Å². The number of alkyl carbamates (subject to hydrolysis) is 2. The van der Waals surface area contributed by atoms with Gasteiger partial charge in [0.1, 0.15) is 0 Å². The highest BCUT2D eigenvalue weighted by Crippen LogP contribution is 1.89. The first kappa shape index (κ1) is 33.6. The molecule has 6 N–H and O–H groups in total. The summed E-state index contributed by atoms with van der Waals surface area (Å²) in [5.74, 6) is -3.31. The van der Waals surface area contributed by atoms with E-state index in [1.165, 1.54) is 0 Å². The first-order valence-corrected chi connectivity index (χ1v) is 11.4. The molecule has 0 unspecified atom stereocenters. The van der Waals surface area contributed by atoms with Crippen LogP contribution in [0.1, 0.15) is 0 Å². The Morgan fingerprint density at radius 3 is 1.03 bits per heavy atom. The minimum atomic E-state index is -1.65. The highest BCUT2D eigenvalue weighted by Gasteiger charge is 2.24. The molecule has 16 nitrogen and oxygen atoms in total. The number of hydrogen-bond donors (Lipinski definition) is 4. The second kappa shape index (κ2) is 25.6. The van der Waals surface area contributed by atoms with Crippen molar-refractivity contribution in [2.24, 2.45) is 11.5 Å². The van der Waals surface area contributed by atoms with Crippen LogP contribution < -0.4 is 22.1 Å². The van der Waals surface area contributed by atoms with Crippen molar-refractivity contribution in [1.82, 2.24) is 10.6 Å². The van der Waals surface area contributed by atoms with Gasteiger partial charge in [0.15, 0.2) is 0 Å². The molecule has 0 saturated heterocycles. The third-order valence-electron chi connectivity index (χ3n) is 3.58. The highest BCUT2D eigenvalue weighted by molar-refractivity contribution is 6.33. The molecule has 0 rings (SSSR count). The van der Waals surface area contributed by atoms with E-state index in [0.717, 1.165) is 0 Å². The Morgan fingerprint density at radius 1 is 0.444 bits per heavy atom. The average molecular weight is 527 g/mol. The number of ether oxygens (including phenoxy) is 8. The van der Waals surface area contributed by atoms with E-state index in [4.69, 9.17) is 39.9 Å². The summed E-state index contributed by atoms with van der Waals surface area (Å²) in [4.78, 5) is 46.0. The number of nitrogens with one attached hydrogen (secondary N) is 2. The number of hydrogen-bond acceptors (Lipinski definition) is 14. The van der Waals surface area contributed by atoms with Crippen molar-refractivity contribution < 1.29 is 57.1 Å². The molecule has 0 spiro atoms. The zero-order valence-corrected chi connectivity index (χ0v) is 20.4. The van der Waals surface area contributed by atoms with Crippen molar-refractivity contribution in [2.75, 3.05) is 105 Å². The van der Waals surface area contributed by atoms with Crippen molar-refractivity contribution in [1.29, 1.82) is 0 Å². The minimum Gasteiger partial charge on any atom is -0.378 e. The molecule has 0 aromatic carbocycles. The summed E-state index contributed by atoms with van der Waals surface area (Å²) in [6, 6.07) is 0. The maximum atomic E-state index is 11.5. The van der Waals surface area contributed by atoms with Gasteiger partial charge in [0.2, 0.25) is 0 Å². The number of nitrogens with two attached hydrogens (primary N) is 2. The van der Waals surface area contributed by atoms with Crippen LogP contribution >= 0.6 is 0 Å². The maximum absolute atomic E-state index is 11.5. The molecule has 0 heterocycles. The first-order chi connectivity index (χ1) is 17.5. The zero-order valence-electron chi connectivity index (χ0n) is 20.4. The molecule has 0 aromatic rings. The lowest BCUT2D eigenvalue weighted by Crippen LogP contribution is -2.36. The van der Waals surface area contributed by atoms with Gasteiger partial charge in [0, 0.05) is 26.2 Å². The van der Waals surface area contributed by atoms with Crippen LogP contribution in [0.4, 0.5) is 9.59 Å². The van der Waals surface area contributed by atoms with E-state index >= 15 is 0 Å². The van der Waals surface area contributed by atoms with Crippen LogP contribution in [0, 0.1) is 0 Å². The summed E-state index contributed by atoms with van der Waals surface area (Å²) in [5.41, 5.74) is 10.5. The van der Waals surface area contributed by atoms with E-state index in [1.54, 1.807) is 0 Å². The Labute approximate surface area is 209 Å². The average Bonchev–Trinajstić information content (AvgIpc) is 2.85. The second-order valence-corrected chi connectivity index (χ2v) is 6.46. The third-order valence-corrected chi connectivity index (χ3v) is 3.58. The van der Waals surface area contributed by atoms with E-state index in [-0.39, 0.29) is 39.5 Å². The molecule has 0 bridgehead atoms. The lowest BCUT2D eigenvalue weighted by atomic mass is 10.6. The SMILES string of the molecule is NCCOCCOCCOCCNC(=O)OC(=O)C(=O)OC(=O)NCCOCCOCCOCCN. The quantitative estimate of drug-likeness (QED) is 0.0496. The highest BCUT2D eigenvalue weighted by atomic mass is 16.6. The van der Waals surface area contributed by atoms with Gasteiger partial charge in [-0.1, -0.05) is 0 Å². The van der Waals surface area contributed by atoms with Crippen molar-refractivity contribution in [3.05, 3.63) is 0 Å². The predicted octanol–water partition coefficient (Wildman–Crippen LogP) is -2.49.